The number of methoxy groups -OCH3 is 1. The molecule has 0 aliphatic heterocycles. The van der Waals surface area contributed by atoms with E-state index in [0.717, 1.165) is 0 Å². The van der Waals surface area contributed by atoms with Crippen molar-refractivity contribution in [3.05, 3.63) is 30.6 Å². The number of nitrogens with one attached hydrogen (secondary N) is 3. The lowest BCUT2D eigenvalue weighted by atomic mass is 10.2. The van der Waals surface area contributed by atoms with E-state index in [2.05, 4.69) is 20.2 Å². The lowest BCUT2D eigenvalue weighted by Gasteiger charge is -2.12. The summed E-state index contributed by atoms with van der Waals surface area (Å²) in [5, 5.41) is 8.61. The molecule has 0 atom stereocenters. The fourth-order valence-electron chi connectivity index (χ4n) is 1.65. The Morgan fingerprint density at radius 1 is 1.38 bits per heavy atom. The molecule has 112 valence electrons. The SMILES string of the molecule is COc1cc(NS(=O)(=O)c2cn[nH]c2)ccc1NC(C)=O. The summed E-state index contributed by atoms with van der Waals surface area (Å²) < 4.78 is 31.6. The van der Waals surface area contributed by atoms with Crippen LogP contribution in [0.15, 0.2) is 35.5 Å². The number of hydrogen-bond acceptors (Lipinski definition) is 5. The van der Waals surface area contributed by atoms with Crippen LogP contribution >= 0.6 is 0 Å². The Morgan fingerprint density at radius 2 is 2.14 bits per heavy atom. The minimum Gasteiger partial charge on any atom is -0.494 e. The molecule has 8 nitrogen and oxygen atoms in total. The number of carbonyl (C=O) groups is 1. The molecule has 2 rings (SSSR count). The lowest BCUT2D eigenvalue weighted by Crippen LogP contribution is -2.13. The second-order valence-electron chi connectivity index (χ2n) is 4.14. The average Bonchev–Trinajstić information content (AvgIpc) is 2.94. The third kappa shape index (κ3) is 3.51. The van der Waals surface area contributed by atoms with Gasteiger partial charge in [0.25, 0.3) is 10.0 Å². The van der Waals surface area contributed by atoms with Gasteiger partial charge in [-0.2, -0.15) is 5.10 Å². The molecule has 21 heavy (non-hydrogen) atoms. The highest BCUT2D eigenvalue weighted by Crippen LogP contribution is 2.29. The highest BCUT2D eigenvalue weighted by molar-refractivity contribution is 7.92. The number of amides is 1. The quantitative estimate of drug-likeness (QED) is 0.767. The summed E-state index contributed by atoms with van der Waals surface area (Å²) in [5.41, 5.74) is 0.762. The monoisotopic (exact) mass is 310 g/mol. The molecule has 0 bridgehead atoms. The molecular weight excluding hydrogens is 296 g/mol. The van der Waals surface area contributed by atoms with Crippen molar-refractivity contribution in [2.45, 2.75) is 11.8 Å². The number of aromatic nitrogens is 2. The molecular formula is C12H14N4O4S. The van der Waals surface area contributed by atoms with Gasteiger partial charge in [-0.3, -0.25) is 14.6 Å². The number of carbonyl (C=O) groups excluding carboxylic acids is 1. The molecule has 1 aromatic carbocycles. The number of benzene rings is 1. The molecule has 1 amide bonds. The van der Waals surface area contributed by atoms with E-state index in [1.165, 1.54) is 38.6 Å². The van der Waals surface area contributed by atoms with E-state index in [-0.39, 0.29) is 10.8 Å². The molecule has 0 aliphatic carbocycles. The summed E-state index contributed by atoms with van der Waals surface area (Å²) in [6.45, 7) is 1.37. The van der Waals surface area contributed by atoms with Crippen LogP contribution < -0.4 is 14.8 Å². The van der Waals surface area contributed by atoms with Crippen molar-refractivity contribution in [1.82, 2.24) is 10.2 Å². The number of H-pyrrole nitrogens is 1. The van der Waals surface area contributed by atoms with Crippen molar-refractivity contribution < 1.29 is 17.9 Å². The third-order valence-corrected chi connectivity index (χ3v) is 3.90. The summed E-state index contributed by atoms with van der Waals surface area (Å²) in [6, 6.07) is 4.54. The van der Waals surface area contributed by atoms with Crippen LogP contribution in [0.1, 0.15) is 6.92 Å². The van der Waals surface area contributed by atoms with E-state index in [1.807, 2.05) is 0 Å². The van der Waals surface area contributed by atoms with Gasteiger partial charge in [-0.25, -0.2) is 8.42 Å². The first kappa shape index (κ1) is 14.9. The van der Waals surface area contributed by atoms with Crippen LogP contribution in [0.25, 0.3) is 0 Å². The van der Waals surface area contributed by atoms with Crippen LogP contribution in [0.5, 0.6) is 5.75 Å². The van der Waals surface area contributed by atoms with E-state index in [0.29, 0.717) is 17.1 Å². The van der Waals surface area contributed by atoms with Crippen LogP contribution in [0.3, 0.4) is 0 Å². The largest absolute Gasteiger partial charge is 0.494 e. The molecule has 0 spiro atoms. The summed E-state index contributed by atoms with van der Waals surface area (Å²) in [5.74, 6) is 0.0950. The van der Waals surface area contributed by atoms with Crippen molar-refractivity contribution in [3.8, 4) is 5.75 Å². The number of ether oxygens (including phenoxy) is 1. The zero-order valence-electron chi connectivity index (χ0n) is 11.4. The predicted molar refractivity (Wildman–Crippen MR) is 76.7 cm³/mol. The van der Waals surface area contributed by atoms with Crippen molar-refractivity contribution >= 4 is 27.3 Å². The van der Waals surface area contributed by atoms with Gasteiger partial charge < -0.3 is 10.1 Å². The molecule has 0 aliphatic rings. The standard InChI is InChI=1S/C12H14N4O4S/c1-8(17)15-11-4-3-9(5-12(11)20-2)16-21(18,19)10-6-13-14-7-10/h3-7,16H,1-2H3,(H,13,14)(H,15,17). The van der Waals surface area contributed by atoms with E-state index in [9.17, 15) is 13.2 Å². The Balaban J connectivity index is 2.28. The normalized spacial score (nSPS) is 11.0. The van der Waals surface area contributed by atoms with Crippen molar-refractivity contribution in [2.24, 2.45) is 0 Å². The number of anilines is 2. The fourth-order valence-corrected chi connectivity index (χ4v) is 2.60. The summed E-state index contributed by atoms with van der Waals surface area (Å²) in [4.78, 5) is 11.1. The van der Waals surface area contributed by atoms with Gasteiger partial charge >= 0.3 is 0 Å². The summed E-state index contributed by atoms with van der Waals surface area (Å²) in [7, 11) is -2.29. The van der Waals surface area contributed by atoms with Crippen molar-refractivity contribution in [3.63, 3.8) is 0 Å². The predicted octanol–water partition coefficient (Wildman–Crippen LogP) is 1.18. The zero-order chi connectivity index (χ0) is 15.5. The second-order valence-corrected chi connectivity index (χ2v) is 5.82. The Bertz CT molecular complexity index is 741. The molecule has 1 aromatic heterocycles. The molecule has 0 saturated carbocycles. The van der Waals surface area contributed by atoms with Gasteiger partial charge in [-0.1, -0.05) is 0 Å². The first-order chi connectivity index (χ1) is 9.92. The fraction of sp³-hybridized carbons (Fsp3) is 0.167. The van der Waals surface area contributed by atoms with Gasteiger partial charge in [0.15, 0.2) is 0 Å². The third-order valence-electron chi connectivity index (χ3n) is 2.55. The maximum atomic E-state index is 12.0. The van der Waals surface area contributed by atoms with Crippen LogP contribution in [-0.2, 0) is 14.8 Å². The van der Waals surface area contributed by atoms with Crippen LogP contribution in [0.4, 0.5) is 11.4 Å². The molecule has 0 radical (unpaired) electrons. The van der Waals surface area contributed by atoms with Gasteiger partial charge in [0, 0.05) is 19.2 Å². The zero-order valence-corrected chi connectivity index (χ0v) is 12.2. The molecule has 9 heteroatoms. The van der Waals surface area contributed by atoms with Gasteiger partial charge in [0.2, 0.25) is 5.91 Å². The van der Waals surface area contributed by atoms with Crippen molar-refractivity contribution in [2.75, 3.05) is 17.1 Å². The van der Waals surface area contributed by atoms with Crippen LogP contribution in [0.2, 0.25) is 0 Å². The average molecular weight is 310 g/mol. The second kappa shape index (κ2) is 5.83. The molecule has 0 unspecified atom stereocenters. The number of nitrogens with zero attached hydrogens (tertiary/aromatic N) is 1. The van der Waals surface area contributed by atoms with E-state index < -0.39 is 10.0 Å². The molecule has 0 saturated heterocycles. The van der Waals surface area contributed by atoms with Gasteiger partial charge in [0.05, 0.1) is 24.7 Å². The topological polar surface area (TPSA) is 113 Å². The highest BCUT2D eigenvalue weighted by Gasteiger charge is 2.16. The lowest BCUT2D eigenvalue weighted by molar-refractivity contribution is -0.114. The Kier molecular flexibility index (Phi) is 4.13. The number of aromatic amines is 1. The summed E-state index contributed by atoms with van der Waals surface area (Å²) >= 11 is 0. The Labute approximate surface area is 121 Å². The molecule has 0 fully saturated rings. The minimum atomic E-state index is -3.72. The number of hydrogen-bond donors (Lipinski definition) is 3. The van der Waals surface area contributed by atoms with Crippen LogP contribution in [0, 0.1) is 0 Å². The maximum absolute atomic E-state index is 12.0. The molecule has 2 aromatic rings. The smallest absolute Gasteiger partial charge is 0.265 e. The highest BCUT2D eigenvalue weighted by atomic mass is 32.2. The van der Waals surface area contributed by atoms with Gasteiger partial charge in [-0.05, 0) is 12.1 Å². The van der Waals surface area contributed by atoms with Crippen LogP contribution in [-0.4, -0.2) is 31.6 Å². The number of rotatable bonds is 5. The van der Waals surface area contributed by atoms with E-state index >= 15 is 0 Å². The minimum absolute atomic E-state index is 0.0207. The number of sulfonamides is 1. The van der Waals surface area contributed by atoms with Crippen molar-refractivity contribution in [1.29, 1.82) is 0 Å². The maximum Gasteiger partial charge on any atom is 0.265 e. The molecule has 1 heterocycles. The van der Waals surface area contributed by atoms with E-state index in [4.69, 9.17) is 4.74 Å². The van der Waals surface area contributed by atoms with E-state index in [1.54, 1.807) is 6.07 Å². The summed E-state index contributed by atoms with van der Waals surface area (Å²) in [6.07, 6.45) is 2.47. The van der Waals surface area contributed by atoms with Gasteiger partial charge in [0.1, 0.15) is 10.6 Å². The van der Waals surface area contributed by atoms with Gasteiger partial charge in [-0.15, -0.1) is 0 Å². The Morgan fingerprint density at radius 3 is 2.71 bits per heavy atom. The Hall–Kier alpha value is -2.55. The first-order valence-electron chi connectivity index (χ1n) is 5.89. The molecule has 3 N–H and O–H groups in total. The first-order valence-corrected chi connectivity index (χ1v) is 7.38.